The molecule has 1 aliphatic heterocycles. The fourth-order valence-electron chi connectivity index (χ4n) is 3.34. The quantitative estimate of drug-likeness (QED) is 0.254. The minimum atomic E-state index is -0.972. The molecule has 0 unspecified atom stereocenters. The van der Waals surface area contributed by atoms with Gasteiger partial charge in [-0.3, -0.25) is 33.9 Å². The average Bonchev–Trinajstić information content (AvgIpc) is 2.80. The standard InChI is InChI=1S/C22H37N5O7/c1-3-13-33-21(31)17-25-7-5-24(16-20(29)30)6-8-26(18-22(32)34-14-4-2)10-12-27(11-9-25)19(28)15-23/h3-4H,1-2,5-18,23H2,(H,29,30). The largest absolute Gasteiger partial charge is 0.480 e. The number of hydrogen-bond acceptors (Lipinski definition) is 10. The lowest BCUT2D eigenvalue weighted by Gasteiger charge is -2.33. The molecule has 0 bridgehead atoms. The summed E-state index contributed by atoms with van der Waals surface area (Å²) in [4.78, 5) is 55.0. The highest BCUT2D eigenvalue weighted by Gasteiger charge is 2.22. The van der Waals surface area contributed by atoms with Gasteiger partial charge < -0.3 is 25.2 Å². The highest BCUT2D eigenvalue weighted by molar-refractivity contribution is 5.78. The van der Waals surface area contributed by atoms with Gasteiger partial charge in [-0.05, 0) is 0 Å². The van der Waals surface area contributed by atoms with Crippen molar-refractivity contribution in [1.29, 1.82) is 0 Å². The summed E-state index contributed by atoms with van der Waals surface area (Å²) in [7, 11) is 0. The Morgan fingerprint density at radius 1 is 0.735 bits per heavy atom. The van der Waals surface area contributed by atoms with Gasteiger partial charge in [0.15, 0.2) is 0 Å². The molecule has 1 fully saturated rings. The molecular formula is C22H37N5O7. The number of nitrogens with zero attached hydrogens (tertiary/aromatic N) is 4. The molecule has 0 saturated carbocycles. The number of aliphatic carboxylic acids is 1. The van der Waals surface area contributed by atoms with E-state index in [0.717, 1.165) is 0 Å². The second-order valence-electron chi connectivity index (χ2n) is 7.75. The molecule has 192 valence electrons. The number of esters is 2. The van der Waals surface area contributed by atoms with Crippen LogP contribution in [0.1, 0.15) is 0 Å². The maximum absolute atomic E-state index is 12.4. The summed E-state index contributed by atoms with van der Waals surface area (Å²) in [5.41, 5.74) is 5.58. The SMILES string of the molecule is C=CCOC(=O)CN1CCN(CC(=O)O)CCN(CC(=O)OCC=C)CCN(C(=O)CN)CC1. The van der Waals surface area contributed by atoms with Crippen molar-refractivity contribution < 1.29 is 33.8 Å². The third-order valence-corrected chi connectivity index (χ3v) is 5.15. The zero-order valence-electron chi connectivity index (χ0n) is 19.7. The molecule has 1 aliphatic rings. The molecule has 0 aliphatic carbocycles. The topological polar surface area (TPSA) is 146 Å². The zero-order valence-corrected chi connectivity index (χ0v) is 19.7. The molecule has 12 heteroatoms. The molecule has 0 atom stereocenters. The van der Waals surface area contributed by atoms with Gasteiger partial charge in [0.2, 0.25) is 5.91 Å². The van der Waals surface area contributed by atoms with E-state index in [1.807, 2.05) is 9.80 Å². The van der Waals surface area contributed by atoms with Crippen molar-refractivity contribution in [1.82, 2.24) is 19.6 Å². The Kier molecular flexibility index (Phi) is 14.4. The Morgan fingerprint density at radius 3 is 1.47 bits per heavy atom. The van der Waals surface area contributed by atoms with E-state index < -0.39 is 17.9 Å². The van der Waals surface area contributed by atoms with Gasteiger partial charge in [0, 0.05) is 52.4 Å². The van der Waals surface area contributed by atoms with E-state index in [-0.39, 0.29) is 45.3 Å². The van der Waals surface area contributed by atoms with Crippen molar-refractivity contribution in [2.24, 2.45) is 5.73 Å². The molecule has 1 rings (SSSR count). The fraction of sp³-hybridized carbons (Fsp3) is 0.636. The molecule has 0 aromatic rings. The maximum atomic E-state index is 12.4. The van der Waals surface area contributed by atoms with Crippen LogP contribution in [0, 0.1) is 0 Å². The first-order valence-electron chi connectivity index (χ1n) is 11.2. The van der Waals surface area contributed by atoms with Crippen molar-refractivity contribution >= 4 is 23.8 Å². The number of nitrogens with two attached hydrogens (primary N) is 1. The summed E-state index contributed by atoms with van der Waals surface area (Å²) in [6.45, 7) is 9.81. The summed E-state index contributed by atoms with van der Waals surface area (Å²) in [6, 6.07) is 0. The van der Waals surface area contributed by atoms with E-state index in [4.69, 9.17) is 15.2 Å². The molecule has 1 heterocycles. The molecule has 0 spiro atoms. The van der Waals surface area contributed by atoms with E-state index in [1.165, 1.54) is 12.2 Å². The monoisotopic (exact) mass is 483 g/mol. The Bertz CT molecular complexity index is 661. The highest BCUT2D eigenvalue weighted by Crippen LogP contribution is 2.02. The fourth-order valence-corrected chi connectivity index (χ4v) is 3.34. The van der Waals surface area contributed by atoms with E-state index in [9.17, 15) is 24.3 Å². The van der Waals surface area contributed by atoms with Crippen LogP contribution in [0.5, 0.6) is 0 Å². The molecule has 34 heavy (non-hydrogen) atoms. The van der Waals surface area contributed by atoms with E-state index >= 15 is 0 Å². The predicted molar refractivity (Wildman–Crippen MR) is 125 cm³/mol. The lowest BCUT2D eigenvalue weighted by atomic mass is 10.3. The summed E-state index contributed by atoms with van der Waals surface area (Å²) in [5, 5.41) is 9.30. The van der Waals surface area contributed by atoms with Crippen LogP contribution in [-0.4, -0.2) is 140 Å². The Balaban J connectivity index is 2.97. The van der Waals surface area contributed by atoms with Crippen LogP contribution >= 0.6 is 0 Å². The molecular weight excluding hydrogens is 446 g/mol. The first-order chi connectivity index (χ1) is 16.3. The van der Waals surface area contributed by atoms with Crippen molar-refractivity contribution in [3.05, 3.63) is 25.3 Å². The second-order valence-corrected chi connectivity index (χ2v) is 7.75. The first kappa shape index (κ1) is 29.2. The Morgan fingerprint density at radius 2 is 1.12 bits per heavy atom. The zero-order chi connectivity index (χ0) is 25.3. The van der Waals surface area contributed by atoms with Gasteiger partial charge in [-0.1, -0.05) is 25.3 Å². The molecule has 0 radical (unpaired) electrons. The Hall–Kier alpha value is -2.80. The number of rotatable bonds is 11. The number of amides is 1. The number of carbonyl (C=O) groups is 4. The van der Waals surface area contributed by atoms with Gasteiger partial charge >= 0.3 is 17.9 Å². The van der Waals surface area contributed by atoms with E-state index in [1.54, 1.807) is 9.80 Å². The first-order valence-corrected chi connectivity index (χ1v) is 11.2. The van der Waals surface area contributed by atoms with Crippen molar-refractivity contribution in [3.63, 3.8) is 0 Å². The summed E-state index contributed by atoms with van der Waals surface area (Å²) < 4.78 is 10.1. The van der Waals surface area contributed by atoms with Gasteiger partial charge in [-0.15, -0.1) is 0 Å². The normalized spacial score (nSPS) is 17.1. The lowest BCUT2D eigenvalue weighted by molar-refractivity contribution is -0.144. The summed E-state index contributed by atoms with van der Waals surface area (Å²) in [6.07, 6.45) is 2.95. The number of carboxylic acid groups (broad SMARTS) is 1. The van der Waals surface area contributed by atoms with Crippen LogP contribution < -0.4 is 5.73 Å². The van der Waals surface area contributed by atoms with Gasteiger partial charge in [-0.25, -0.2) is 0 Å². The van der Waals surface area contributed by atoms with E-state index in [0.29, 0.717) is 52.4 Å². The Labute approximate surface area is 200 Å². The number of carbonyl (C=O) groups excluding carboxylic acids is 3. The molecule has 12 nitrogen and oxygen atoms in total. The van der Waals surface area contributed by atoms with Gasteiger partial charge in [0.25, 0.3) is 0 Å². The number of ether oxygens (including phenoxy) is 2. The summed E-state index contributed by atoms with van der Waals surface area (Å²) >= 11 is 0. The molecule has 0 aromatic carbocycles. The van der Waals surface area contributed by atoms with Crippen molar-refractivity contribution in [2.45, 2.75) is 0 Å². The van der Waals surface area contributed by atoms with Gasteiger partial charge in [0.1, 0.15) is 13.2 Å². The van der Waals surface area contributed by atoms with Crippen LogP contribution in [0.3, 0.4) is 0 Å². The number of hydrogen-bond donors (Lipinski definition) is 2. The van der Waals surface area contributed by atoms with Crippen molar-refractivity contribution in [3.8, 4) is 0 Å². The minimum absolute atomic E-state index is 0.000671. The van der Waals surface area contributed by atoms with Crippen LogP contribution in [-0.2, 0) is 28.7 Å². The third-order valence-electron chi connectivity index (χ3n) is 5.15. The smallest absolute Gasteiger partial charge is 0.320 e. The highest BCUT2D eigenvalue weighted by atomic mass is 16.5. The van der Waals surface area contributed by atoms with Gasteiger partial charge in [-0.2, -0.15) is 0 Å². The third kappa shape index (κ3) is 12.4. The minimum Gasteiger partial charge on any atom is -0.480 e. The predicted octanol–water partition coefficient (Wildman–Crippen LogP) is -1.76. The molecule has 0 aromatic heterocycles. The van der Waals surface area contributed by atoms with Crippen LogP contribution in [0.15, 0.2) is 25.3 Å². The average molecular weight is 484 g/mol. The van der Waals surface area contributed by atoms with Gasteiger partial charge in [0.05, 0.1) is 26.2 Å². The molecule has 1 amide bonds. The van der Waals surface area contributed by atoms with E-state index in [2.05, 4.69) is 13.2 Å². The van der Waals surface area contributed by atoms with Crippen molar-refractivity contribution in [2.75, 3.05) is 91.8 Å². The van der Waals surface area contributed by atoms with Crippen LogP contribution in [0.25, 0.3) is 0 Å². The molecule has 1 saturated heterocycles. The lowest BCUT2D eigenvalue weighted by Crippen LogP contribution is -2.50. The summed E-state index contributed by atoms with van der Waals surface area (Å²) in [5.74, 6) is -2.08. The maximum Gasteiger partial charge on any atom is 0.320 e. The number of carboxylic acids is 1. The second kappa shape index (κ2) is 16.8. The van der Waals surface area contributed by atoms with Crippen LogP contribution in [0.4, 0.5) is 0 Å². The molecule has 3 N–H and O–H groups in total. The van der Waals surface area contributed by atoms with Crippen LogP contribution in [0.2, 0.25) is 0 Å².